The lowest BCUT2D eigenvalue weighted by atomic mass is 9.93. The predicted octanol–water partition coefficient (Wildman–Crippen LogP) is 1.22. The summed E-state index contributed by atoms with van der Waals surface area (Å²) >= 11 is 0. The highest BCUT2D eigenvalue weighted by atomic mass is 32.2. The zero-order valence-electron chi connectivity index (χ0n) is 15.3. The van der Waals surface area contributed by atoms with Crippen molar-refractivity contribution in [1.29, 1.82) is 0 Å². The summed E-state index contributed by atoms with van der Waals surface area (Å²) in [7, 11) is -4.52. The van der Waals surface area contributed by atoms with Gasteiger partial charge in [0.05, 0.1) is 5.56 Å². The zero-order chi connectivity index (χ0) is 20.5. The third-order valence-electron chi connectivity index (χ3n) is 4.87. The number of sulfonamides is 1. The number of hydrogen-bond acceptors (Lipinski definition) is 7. The molecule has 0 aliphatic carbocycles. The smallest absolute Gasteiger partial charge is 0.271 e. The first-order valence-corrected chi connectivity index (χ1v) is 10.4. The van der Waals surface area contributed by atoms with Crippen LogP contribution >= 0.6 is 0 Å². The van der Waals surface area contributed by atoms with E-state index in [-0.39, 0.29) is 23.9 Å². The number of piperidine rings is 1. The molecule has 1 aromatic heterocycles. The summed E-state index contributed by atoms with van der Waals surface area (Å²) in [6.45, 7) is 1.79. The number of aromatic amines is 1. The van der Waals surface area contributed by atoms with Crippen molar-refractivity contribution in [2.45, 2.75) is 37.0 Å². The van der Waals surface area contributed by atoms with Gasteiger partial charge < -0.3 is 10.0 Å². The quantitative estimate of drug-likeness (QED) is 0.644. The number of hydrogen-bond donors (Lipinski definition) is 3. The molecule has 0 bridgehead atoms. The topological polar surface area (TPSA) is 138 Å². The minimum absolute atomic E-state index is 0.0425. The van der Waals surface area contributed by atoms with Crippen LogP contribution in [0, 0.1) is 5.92 Å². The monoisotopic (exact) mass is 416 g/mol. The number of H-pyrrole nitrogens is 1. The van der Waals surface area contributed by atoms with E-state index in [1.165, 1.54) is 6.07 Å². The maximum Gasteiger partial charge on any atom is 0.271 e. The summed E-state index contributed by atoms with van der Waals surface area (Å²) in [6, 6.07) is 2.53. The van der Waals surface area contributed by atoms with Gasteiger partial charge in [0, 0.05) is 37.9 Å². The Bertz CT molecular complexity index is 929. The molecule has 1 aliphatic heterocycles. The maximum atomic E-state index is 14.2. The predicted molar refractivity (Wildman–Crippen MR) is 97.2 cm³/mol. The van der Waals surface area contributed by atoms with Crippen molar-refractivity contribution in [2.75, 3.05) is 24.6 Å². The van der Waals surface area contributed by atoms with E-state index in [0.717, 1.165) is 18.9 Å². The van der Waals surface area contributed by atoms with Gasteiger partial charge in [-0.1, -0.05) is 0 Å². The molecule has 1 saturated heterocycles. The molecular weight excluding hydrogens is 394 g/mol. The van der Waals surface area contributed by atoms with Gasteiger partial charge in [-0.2, -0.15) is 0 Å². The summed E-state index contributed by atoms with van der Waals surface area (Å²) in [5.74, 6) is -3.30. The van der Waals surface area contributed by atoms with Crippen LogP contribution in [0.5, 0.6) is 0 Å². The van der Waals surface area contributed by atoms with Crippen LogP contribution < -0.4 is 10.0 Å². The highest BCUT2D eigenvalue weighted by Gasteiger charge is 2.37. The molecule has 3 rings (SSSR count). The summed E-state index contributed by atoms with van der Waals surface area (Å²) in [5, 5.41) is 27.7. The van der Waals surface area contributed by atoms with Gasteiger partial charge in [0.25, 0.3) is 5.92 Å². The molecule has 0 spiro atoms. The van der Waals surface area contributed by atoms with Gasteiger partial charge in [0.1, 0.15) is 4.90 Å². The number of nitrogens with zero attached hydrogens (tertiary/aromatic N) is 4. The highest BCUT2D eigenvalue weighted by Crippen LogP contribution is 2.42. The van der Waals surface area contributed by atoms with Gasteiger partial charge in [-0.25, -0.2) is 27.4 Å². The second-order valence-corrected chi connectivity index (χ2v) is 8.48. The molecule has 4 N–H and O–H groups in total. The van der Waals surface area contributed by atoms with E-state index in [1.54, 1.807) is 0 Å². The van der Waals surface area contributed by atoms with Crippen molar-refractivity contribution in [2.24, 2.45) is 11.1 Å². The van der Waals surface area contributed by atoms with Crippen LogP contribution in [0.15, 0.2) is 17.0 Å². The molecule has 0 saturated carbocycles. The van der Waals surface area contributed by atoms with E-state index >= 15 is 0 Å². The fourth-order valence-corrected chi connectivity index (χ4v) is 4.71. The second-order valence-electron chi connectivity index (χ2n) is 6.99. The maximum absolute atomic E-state index is 14.2. The third-order valence-corrected chi connectivity index (χ3v) is 5.87. The van der Waals surface area contributed by atoms with Gasteiger partial charge in [-0.3, -0.25) is 0 Å². The molecule has 1 atom stereocenters. The number of primary sulfonamides is 1. The Labute approximate surface area is 161 Å². The number of benzene rings is 1. The van der Waals surface area contributed by atoms with Crippen molar-refractivity contribution in [3.63, 3.8) is 0 Å². The van der Waals surface area contributed by atoms with Crippen molar-refractivity contribution >= 4 is 15.7 Å². The third kappa shape index (κ3) is 4.13. The normalized spacial score (nSPS) is 18.5. The number of aliphatic hydroxyl groups is 1. The zero-order valence-corrected chi connectivity index (χ0v) is 16.1. The lowest BCUT2D eigenvalue weighted by molar-refractivity contribution is 0.0145. The molecule has 1 unspecified atom stereocenters. The number of rotatable bonds is 6. The van der Waals surface area contributed by atoms with Gasteiger partial charge in [0.2, 0.25) is 10.0 Å². The molecule has 1 aromatic carbocycles. The molecule has 2 heterocycles. The lowest BCUT2D eigenvalue weighted by Crippen LogP contribution is -2.36. The van der Waals surface area contributed by atoms with Crippen molar-refractivity contribution < 1.29 is 22.3 Å². The molecule has 0 radical (unpaired) electrons. The van der Waals surface area contributed by atoms with Crippen molar-refractivity contribution in [3.8, 4) is 11.4 Å². The van der Waals surface area contributed by atoms with E-state index in [4.69, 9.17) is 5.14 Å². The van der Waals surface area contributed by atoms with Gasteiger partial charge in [0.15, 0.2) is 5.82 Å². The van der Waals surface area contributed by atoms with Crippen LogP contribution in [0.3, 0.4) is 0 Å². The summed E-state index contributed by atoms with van der Waals surface area (Å²) in [5.41, 5.74) is -0.386. The van der Waals surface area contributed by atoms with Crippen LogP contribution in [0.2, 0.25) is 0 Å². The van der Waals surface area contributed by atoms with Gasteiger partial charge in [-0.15, -0.1) is 5.10 Å². The number of alkyl halides is 2. The molecule has 0 amide bonds. The van der Waals surface area contributed by atoms with Crippen molar-refractivity contribution in [3.05, 3.63) is 17.7 Å². The summed E-state index contributed by atoms with van der Waals surface area (Å²) < 4.78 is 53.0. The minimum atomic E-state index is -4.52. The lowest BCUT2D eigenvalue weighted by Gasteiger charge is -2.36. The molecule has 154 valence electrons. The largest absolute Gasteiger partial charge is 0.396 e. The molecular formula is C16H22F2N6O3S. The number of tetrazole rings is 1. The Morgan fingerprint density at radius 1 is 1.43 bits per heavy atom. The van der Waals surface area contributed by atoms with E-state index in [0.29, 0.717) is 32.1 Å². The molecule has 1 aliphatic rings. The highest BCUT2D eigenvalue weighted by molar-refractivity contribution is 7.89. The first-order chi connectivity index (χ1) is 13.1. The van der Waals surface area contributed by atoms with Crippen LogP contribution in [0.1, 0.15) is 31.7 Å². The first kappa shape index (κ1) is 20.6. The fraction of sp³-hybridized carbons (Fsp3) is 0.562. The van der Waals surface area contributed by atoms with Crippen LogP contribution in [0.4, 0.5) is 14.5 Å². The van der Waals surface area contributed by atoms with E-state index < -0.39 is 26.4 Å². The number of anilines is 1. The average Bonchev–Trinajstić information content (AvgIpc) is 3.14. The average molecular weight is 416 g/mol. The SMILES string of the molecule is CC(F)(F)c1ccc(N2CCCC(CCO)C2)c(-c2nnn[nH]2)c1S(N)(=O)=O. The molecule has 1 fully saturated rings. The van der Waals surface area contributed by atoms with E-state index in [9.17, 15) is 22.3 Å². The summed E-state index contributed by atoms with van der Waals surface area (Å²) in [4.78, 5) is 1.20. The summed E-state index contributed by atoms with van der Waals surface area (Å²) in [6.07, 6.45) is 2.33. The number of aromatic nitrogens is 4. The molecule has 28 heavy (non-hydrogen) atoms. The Morgan fingerprint density at radius 3 is 2.75 bits per heavy atom. The van der Waals surface area contributed by atoms with Gasteiger partial charge >= 0.3 is 0 Å². The second kappa shape index (κ2) is 7.68. The van der Waals surface area contributed by atoms with Crippen LogP contribution in [-0.2, 0) is 15.9 Å². The first-order valence-electron chi connectivity index (χ1n) is 8.81. The molecule has 2 aromatic rings. The van der Waals surface area contributed by atoms with E-state index in [2.05, 4.69) is 20.6 Å². The molecule has 12 heteroatoms. The Morgan fingerprint density at radius 2 is 2.18 bits per heavy atom. The number of halogens is 2. The Hall–Kier alpha value is -2.18. The van der Waals surface area contributed by atoms with E-state index in [1.807, 2.05) is 4.90 Å². The van der Waals surface area contributed by atoms with Crippen LogP contribution in [0.25, 0.3) is 11.4 Å². The number of nitrogens with one attached hydrogen (secondary N) is 1. The Kier molecular flexibility index (Phi) is 5.64. The minimum Gasteiger partial charge on any atom is -0.396 e. The number of aliphatic hydroxyl groups excluding tert-OH is 1. The van der Waals surface area contributed by atoms with Crippen LogP contribution in [-0.4, -0.2) is 53.8 Å². The number of nitrogens with two attached hydrogens (primary N) is 1. The van der Waals surface area contributed by atoms with Gasteiger partial charge in [-0.05, 0) is 47.7 Å². The van der Waals surface area contributed by atoms with Crippen molar-refractivity contribution in [1.82, 2.24) is 20.6 Å². The Balaban J connectivity index is 2.24. The molecule has 9 nitrogen and oxygen atoms in total. The fourth-order valence-electron chi connectivity index (χ4n) is 3.67. The standard InChI is InChI=1S/C16H22F2N6O3S/c1-16(17,18)11-4-5-12(24-7-2-3-10(9-24)6-8-25)13(14(11)28(19,26)27)15-20-22-23-21-15/h4-5,10,25H,2-3,6-9H2,1H3,(H2,19,26,27)(H,20,21,22,23).